The van der Waals surface area contributed by atoms with E-state index >= 15 is 0 Å². The second-order valence-corrected chi connectivity index (χ2v) is 9.66. The van der Waals surface area contributed by atoms with Gasteiger partial charge in [0.25, 0.3) is 11.5 Å². The molecule has 0 saturated carbocycles. The number of pyridine rings is 1. The summed E-state index contributed by atoms with van der Waals surface area (Å²) < 4.78 is 11.7. The van der Waals surface area contributed by atoms with Crippen molar-refractivity contribution >= 4 is 38.2 Å². The van der Waals surface area contributed by atoms with E-state index in [9.17, 15) is 9.59 Å². The molecule has 0 radical (unpaired) electrons. The number of benzene rings is 2. The second-order valence-electron chi connectivity index (χ2n) is 8.61. The molecule has 1 N–H and O–H groups in total. The number of aromatic nitrogens is 1. The molecule has 168 valence electrons. The molecule has 7 nitrogen and oxygen atoms in total. The first-order chi connectivity index (χ1) is 16.0. The highest BCUT2D eigenvalue weighted by atomic mass is 32.1. The van der Waals surface area contributed by atoms with Gasteiger partial charge in [0.1, 0.15) is 0 Å². The van der Waals surface area contributed by atoms with Gasteiger partial charge in [-0.05, 0) is 42.8 Å². The molecular weight excluding hydrogens is 438 g/mol. The SMILES string of the molecule is Cc1ccc2[nH]c(=O)c3cc(C(=O)N4CCN(Cc5ccc6c(c5)OCO6)CC4)sc3c2c1. The molecule has 0 unspecified atom stereocenters. The van der Waals surface area contributed by atoms with Crippen LogP contribution in [0.25, 0.3) is 21.0 Å². The van der Waals surface area contributed by atoms with Crippen LogP contribution in [0.5, 0.6) is 11.5 Å². The molecule has 1 amide bonds. The Morgan fingerprint density at radius 3 is 2.67 bits per heavy atom. The van der Waals surface area contributed by atoms with E-state index in [1.54, 1.807) is 6.07 Å². The lowest BCUT2D eigenvalue weighted by atomic mass is 10.1. The summed E-state index contributed by atoms with van der Waals surface area (Å²) in [7, 11) is 0. The van der Waals surface area contributed by atoms with Crippen molar-refractivity contribution in [1.82, 2.24) is 14.8 Å². The fourth-order valence-electron chi connectivity index (χ4n) is 4.57. The molecule has 4 aromatic rings. The zero-order valence-corrected chi connectivity index (χ0v) is 19.0. The summed E-state index contributed by atoms with van der Waals surface area (Å²) in [5.74, 6) is 1.59. The predicted molar refractivity (Wildman–Crippen MR) is 128 cm³/mol. The highest BCUT2D eigenvalue weighted by Gasteiger charge is 2.25. The monoisotopic (exact) mass is 461 g/mol. The number of aryl methyl sites for hydroxylation is 1. The molecule has 0 spiro atoms. The number of carbonyl (C=O) groups is 1. The highest BCUT2D eigenvalue weighted by molar-refractivity contribution is 7.21. The maximum Gasteiger partial charge on any atom is 0.264 e. The molecule has 6 rings (SSSR count). The number of hydrogen-bond donors (Lipinski definition) is 1. The van der Waals surface area contributed by atoms with E-state index in [0.717, 1.165) is 52.3 Å². The maximum absolute atomic E-state index is 13.3. The first-order valence-corrected chi connectivity index (χ1v) is 11.8. The number of amides is 1. The van der Waals surface area contributed by atoms with Crippen LogP contribution in [0.4, 0.5) is 0 Å². The molecule has 2 aromatic carbocycles. The first kappa shape index (κ1) is 20.3. The summed E-state index contributed by atoms with van der Waals surface area (Å²) in [5, 5.41) is 1.57. The number of thiophene rings is 1. The van der Waals surface area contributed by atoms with Crippen LogP contribution >= 0.6 is 11.3 Å². The third-order valence-electron chi connectivity index (χ3n) is 6.36. The van der Waals surface area contributed by atoms with Gasteiger partial charge in [-0.25, -0.2) is 0 Å². The topological polar surface area (TPSA) is 74.9 Å². The third-order valence-corrected chi connectivity index (χ3v) is 7.51. The van der Waals surface area contributed by atoms with Crippen LogP contribution in [0.15, 0.2) is 47.3 Å². The smallest absolute Gasteiger partial charge is 0.264 e. The van der Waals surface area contributed by atoms with Crippen LogP contribution in [0, 0.1) is 6.92 Å². The van der Waals surface area contributed by atoms with Crippen LogP contribution in [-0.4, -0.2) is 53.7 Å². The zero-order chi connectivity index (χ0) is 22.5. The minimum atomic E-state index is -0.148. The Hall–Kier alpha value is -3.36. The standard InChI is InChI=1S/C25H23N3O4S/c1-15-2-4-19-17(10-15)23-18(24(29)26-19)12-22(33-23)25(30)28-8-6-27(7-9-28)13-16-3-5-20-21(11-16)32-14-31-20/h2-5,10-12H,6-9,13-14H2,1H3,(H,26,29). The highest BCUT2D eigenvalue weighted by Crippen LogP contribution is 2.33. The zero-order valence-electron chi connectivity index (χ0n) is 18.2. The van der Waals surface area contributed by atoms with Crippen LogP contribution in [0.3, 0.4) is 0 Å². The summed E-state index contributed by atoms with van der Waals surface area (Å²) in [5.41, 5.74) is 2.95. The minimum absolute atomic E-state index is 0.000803. The quantitative estimate of drug-likeness (QED) is 0.503. The number of carbonyl (C=O) groups excluding carboxylic acids is 1. The predicted octanol–water partition coefficient (Wildman–Crippen LogP) is 3.74. The second kappa shape index (κ2) is 7.90. The Labute approximate surface area is 194 Å². The Bertz CT molecular complexity index is 1450. The van der Waals surface area contributed by atoms with Crippen LogP contribution < -0.4 is 15.0 Å². The van der Waals surface area contributed by atoms with Gasteiger partial charge >= 0.3 is 0 Å². The Morgan fingerprint density at radius 2 is 1.82 bits per heavy atom. The van der Waals surface area contributed by atoms with Crippen molar-refractivity contribution < 1.29 is 14.3 Å². The fraction of sp³-hybridized carbons (Fsp3) is 0.280. The minimum Gasteiger partial charge on any atom is -0.454 e. The van der Waals surface area contributed by atoms with Gasteiger partial charge in [-0.1, -0.05) is 17.7 Å². The van der Waals surface area contributed by atoms with Crippen molar-refractivity contribution in [2.75, 3.05) is 33.0 Å². The summed E-state index contributed by atoms with van der Waals surface area (Å²) >= 11 is 1.42. The molecule has 0 atom stereocenters. The van der Waals surface area contributed by atoms with E-state index in [1.165, 1.54) is 16.9 Å². The van der Waals surface area contributed by atoms with Crippen molar-refractivity contribution in [3.05, 3.63) is 68.8 Å². The van der Waals surface area contributed by atoms with Crippen LogP contribution in [-0.2, 0) is 6.54 Å². The summed E-state index contributed by atoms with van der Waals surface area (Å²) in [6.07, 6.45) is 0. The molecule has 2 aromatic heterocycles. The summed E-state index contributed by atoms with van der Waals surface area (Å²) in [6.45, 7) is 6.03. The average Bonchev–Trinajstić information content (AvgIpc) is 3.47. The van der Waals surface area contributed by atoms with Crippen LogP contribution in [0.2, 0.25) is 0 Å². The number of piperazine rings is 1. The van der Waals surface area contributed by atoms with Gasteiger partial charge in [-0.15, -0.1) is 11.3 Å². The fourth-order valence-corrected chi connectivity index (χ4v) is 5.73. The first-order valence-electron chi connectivity index (χ1n) is 11.0. The number of nitrogens with one attached hydrogen (secondary N) is 1. The molecule has 33 heavy (non-hydrogen) atoms. The molecule has 2 aliphatic heterocycles. The third kappa shape index (κ3) is 3.65. The van der Waals surface area contributed by atoms with Crippen molar-refractivity contribution in [2.24, 2.45) is 0 Å². The van der Waals surface area contributed by atoms with Crippen molar-refractivity contribution in [2.45, 2.75) is 13.5 Å². The molecule has 4 heterocycles. The van der Waals surface area contributed by atoms with Gasteiger partial charge in [0.05, 0.1) is 10.3 Å². The van der Waals surface area contributed by atoms with E-state index in [0.29, 0.717) is 23.4 Å². The molecule has 0 aliphatic carbocycles. The van der Waals surface area contributed by atoms with E-state index in [2.05, 4.69) is 22.0 Å². The van der Waals surface area contributed by atoms with Crippen molar-refractivity contribution in [3.8, 4) is 11.5 Å². The lowest BCUT2D eigenvalue weighted by molar-refractivity contribution is 0.0633. The van der Waals surface area contributed by atoms with Gasteiger partial charge < -0.3 is 19.4 Å². The molecular formula is C25H23N3O4S. The lowest BCUT2D eigenvalue weighted by Crippen LogP contribution is -2.48. The number of fused-ring (bicyclic) bond motifs is 4. The average molecular weight is 462 g/mol. The normalized spacial score (nSPS) is 16.1. The van der Waals surface area contributed by atoms with Crippen LogP contribution in [0.1, 0.15) is 20.8 Å². The van der Waals surface area contributed by atoms with E-state index in [4.69, 9.17) is 9.47 Å². The van der Waals surface area contributed by atoms with E-state index in [-0.39, 0.29) is 18.3 Å². The molecule has 1 saturated heterocycles. The number of H-pyrrole nitrogens is 1. The van der Waals surface area contributed by atoms with Gasteiger partial charge in [-0.2, -0.15) is 0 Å². The number of rotatable bonds is 3. The van der Waals surface area contributed by atoms with Gasteiger partial charge in [0.15, 0.2) is 11.5 Å². The number of ether oxygens (including phenoxy) is 2. The number of aromatic amines is 1. The Morgan fingerprint density at radius 1 is 1.00 bits per heavy atom. The summed E-state index contributed by atoms with van der Waals surface area (Å²) in [6, 6.07) is 13.8. The number of nitrogens with zero attached hydrogens (tertiary/aromatic N) is 2. The van der Waals surface area contributed by atoms with E-state index in [1.807, 2.05) is 36.1 Å². The summed E-state index contributed by atoms with van der Waals surface area (Å²) in [4.78, 5) is 33.6. The van der Waals surface area contributed by atoms with Crippen molar-refractivity contribution in [1.29, 1.82) is 0 Å². The molecule has 0 bridgehead atoms. The van der Waals surface area contributed by atoms with Gasteiger partial charge in [-0.3, -0.25) is 14.5 Å². The van der Waals surface area contributed by atoms with Crippen molar-refractivity contribution in [3.63, 3.8) is 0 Å². The van der Waals surface area contributed by atoms with Gasteiger partial charge in [0, 0.05) is 48.3 Å². The molecule has 8 heteroatoms. The van der Waals surface area contributed by atoms with E-state index < -0.39 is 0 Å². The lowest BCUT2D eigenvalue weighted by Gasteiger charge is -2.34. The molecule has 1 fully saturated rings. The molecule has 2 aliphatic rings. The Kier molecular flexibility index (Phi) is 4.85. The van der Waals surface area contributed by atoms with Gasteiger partial charge in [0.2, 0.25) is 6.79 Å². The Balaban J connectivity index is 1.18. The largest absolute Gasteiger partial charge is 0.454 e. The maximum atomic E-state index is 13.3. The number of hydrogen-bond acceptors (Lipinski definition) is 6.